The number of fused-ring (bicyclic) bond motifs is 1. The molecule has 2 aromatic carbocycles. The molecule has 3 heterocycles. The standard InChI is InChI=1S/C26H18FN5O4S/c1-2-37(33,34)24-10-9-17(15-30-24)35-22-12-20-21(32-26(31-20)19-8-3-4-11-29-19)13-23(22)36-25-16(14-28)6-5-7-18(25)27/h3-13,15H,2H2,1H3,(H,31,32). The fourth-order valence-electron chi connectivity index (χ4n) is 3.50. The number of nitrogens with zero attached hydrogens (tertiary/aromatic N) is 4. The number of rotatable bonds is 7. The molecular weight excluding hydrogens is 497 g/mol. The van der Waals surface area contributed by atoms with E-state index in [9.17, 15) is 18.1 Å². The van der Waals surface area contributed by atoms with E-state index >= 15 is 0 Å². The Kier molecular flexibility index (Phi) is 6.25. The van der Waals surface area contributed by atoms with Gasteiger partial charge >= 0.3 is 0 Å². The number of imidazole rings is 1. The summed E-state index contributed by atoms with van der Waals surface area (Å²) < 4.78 is 50.6. The molecule has 0 saturated heterocycles. The van der Waals surface area contributed by atoms with E-state index in [1.54, 1.807) is 30.5 Å². The number of halogens is 1. The Morgan fingerprint density at radius 2 is 1.86 bits per heavy atom. The molecule has 0 saturated carbocycles. The summed E-state index contributed by atoms with van der Waals surface area (Å²) in [6, 6.07) is 17.3. The van der Waals surface area contributed by atoms with Crippen LogP contribution in [-0.4, -0.2) is 34.1 Å². The predicted octanol–water partition coefficient (Wildman–Crippen LogP) is 5.41. The molecule has 0 aliphatic rings. The largest absolute Gasteiger partial charge is 0.452 e. The molecule has 184 valence electrons. The Hall–Kier alpha value is -4.82. The van der Waals surface area contributed by atoms with Crippen LogP contribution < -0.4 is 9.47 Å². The second-order valence-electron chi connectivity index (χ2n) is 7.78. The number of nitriles is 1. The molecule has 0 spiro atoms. The fraction of sp³-hybridized carbons (Fsp3) is 0.0769. The highest BCUT2D eigenvalue weighted by Crippen LogP contribution is 2.40. The van der Waals surface area contributed by atoms with Crippen molar-refractivity contribution in [2.75, 3.05) is 5.75 Å². The van der Waals surface area contributed by atoms with Crippen molar-refractivity contribution in [1.29, 1.82) is 5.26 Å². The smallest absolute Gasteiger partial charge is 0.195 e. The van der Waals surface area contributed by atoms with Gasteiger partial charge in [0, 0.05) is 18.3 Å². The zero-order valence-electron chi connectivity index (χ0n) is 19.3. The fourth-order valence-corrected chi connectivity index (χ4v) is 4.28. The topological polar surface area (TPSA) is 131 Å². The highest BCUT2D eigenvalue weighted by molar-refractivity contribution is 7.91. The van der Waals surface area contributed by atoms with E-state index < -0.39 is 15.7 Å². The lowest BCUT2D eigenvalue weighted by atomic mass is 10.2. The van der Waals surface area contributed by atoms with Gasteiger partial charge < -0.3 is 14.5 Å². The number of H-pyrrole nitrogens is 1. The Morgan fingerprint density at radius 1 is 1.03 bits per heavy atom. The van der Waals surface area contributed by atoms with Crippen LogP contribution in [0.15, 0.2) is 78.1 Å². The monoisotopic (exact) mass is 515 g/mol. The molecule has 0 unspecified atom stereocenters. The van der Waals surface area contributed by atoms with Gasteiger partial charge in [-0.3, -0.25) is 4.98 Å². The number of hydrogen-bond acceptors (Lipinski definition) is 8. The molecule has 1 N–H and O–H groups in total. The van der Waals surface area contributed by atoms with Gasteiger partial charge in [0.05, 0.1) is 28.5 Å². The molecule has 37 heavy (non-hydrogen) atoms. The van der Waals surface area contributed by atoms with E-state index in [1.165, 1.54) is 43.5 Å². The molecule has 0 aliphatic carbocycles. The van der Waals surface area contributed by atoms with Crippen molar-refractivity contribution in [3.8, 4) is 40.6 Å². The summed E-state index contributed by atoms with van der Waals surface area (Å²) in [7, 11) is -3.48. The van der Waals surface area contributed by atoms with Gasteiger partial charge in [-0.1, -0.05) is 19.1 Å². The molecule has 0 atom stereocenters. The number of nitrogens with one attached hydrogen (secondary N) is 1. The van der Waals surface area contributed by atoms with Crippen molar-refractivity contribution in [1.82, 2.24) is 19.9 Å². The third kappa shape index (κ3) is 4.82. The van der Waals surface area contributed by atoms with Crippen LogP contribution in [0, 0.1) is 17.1 Å². The first kappa shape index (κ1) is 23.9. The van der Waals surface area contributed by atoms with E-state index in [-0.39, 0.29) is 39.3 Å². The van der Waals surface area contributed by atoms with Crippen LogP contribution in [0.3, 0.4) is 0 Å². The van der Waals surface area contributed by atoms with Crippen molar-refractivity contribution in [3.05, 3.63) is 84.4 Å². The molecule has 0 bridgehead atoms. The third-order valence-electron chi connectivity index (χ3n) is 5.39. The third-order valence-corrected chi connectivity index (χ3v) is 7.03. The summed E-state index contributed by atoms with van der Waals surface area (Å²) in [6.45, 7) is 1.53. The number of pyridine rings is 2. The summed E-state index contributed by atoms with van der Waals surface area (Å²) >= 11 is 0. The number of aromatic nitrogens is 4. The molecule has 0 amide bonds. The Balaban J connectivity index is 1.59. The maximum atomic E-state index is 14.6. The van der Waals surface area contributed by atoms with Gasteiger partial charge in [-0.15, -0.1) is 0 Å². The lowest BCUT2D eigenvalue weighted by molar-refractivity contribution is 0.401. The molecule has 5 rings (SSSR count). The van der Waals surface area contributed by atoms with E-state index in [0.717, 1.165) is 0 Å². The van der Waals surface area contributed by atoms with E-state index in [2.05, 4.69) is 19.9 Å². The van der Waals surface area contributed by atoms with Gasteiger partial charge in [0.15, 0.2) is 43.8 Å². The first-order valence-corrected chi connectivity index (χ1v) is 12.7. The number of hydrogen-bond donors (Lipinski definition) is 1. The SMILES string of the molecule is CCS(=O)(=O)c1ccc(Oc2cc3[nH]c(-c4ccccn4)nc3cc2Oc2c(F)cccc2C#N)cn1. The minimum atomic E-state index is -3.48. The number of aromatic amines is 1. The summed E-state index contributed by atoms with van der Waals surface area (Å²) in [6.07, 6.45) is 2.91. The van der Waals surface area contributed by atoms with Crippen molar-refractivity contribution < 1.29 is 22.3 Å². The predicted molar refractivity (Wildman–Crippen MR) is 133 cm³/mol. The minimum Gasteiger partial charge on any atom is -0.452 e. The second-order valence-corrected chi connectivity index (χ2v) is 10.0. The second kappa shape index (κ2) is 9.67. The van der Waals surface area contributed by atoms with Crippen LogP contribution in [-0.2, 0) is 9.84 Å². The van der Waals surface area contributed by atoms with Crippen molar-refractivity contribution in [2.45, 2.75) is 11.9 Å². The van der Waals surface area contributed by atoms with E-state index in [4.69, 9.17) is 9.47 Å². The van der Waals surface area contributed by atoms with Crippen LogP contribution in [0.2, 0.25) is 0 Å². The normalized spacial score (nSPS) is 11.3. The molecule has 0 aliphatic heterocycles. The first-order valence-electron chi connectivity index (χ1n) is 11.1. The number of sulfone groups is 1. The molecule has 0 fully saturated rings. The highest BCUT2D eigenvalue weighted by atomic mass is 32.2. The highest BCUT2D eigenvalue weighted by Gasteiger charge is 2.19. The van der Waals surface area contributed by atoms with Gasteiger partial charge in [0.25, 0.3) is 0 Å². The lowest BCUT2D eigenvalue weighted by Gasteiger charge is -2.14. The van der Waals surface area contributed by atoms with Gasteiger partial charge in [-0.25, -0.2) is 22.8 Å². The molecule has 0 radical (unpaired) electrons. The van der Waals surface area contributed by atoms with Crippen LogP contribution in [0.4, 0.5) is 4.39 Å². The number of ether oxygens (including phenoxy) is 2. The Labute approximate surface area is 211 Å². The number of para-hydroxylation sites is 1. The molecule has 9 nitrogen and oxygen atoms in total. The van der Waals surface area contributed by atoms with E-state index in [0.29, 0.717) is 22.6 Å². The molecule has 3 aromatic heterocycles. The van der Waals surface area contributed by atoms with Crippen LogP contribution in [0.1, 0.15) is 12.5 Å². The Bertz CT molecular complexity index is 1750. The van der Waals surface area contributed by atoms with Crippen LogP contribution in [0.5, 0.6) is 23.0 Å². The van der Waals surface area contributed by atoms with Gasteiger partial charge in [-0.2, -0.15) is 5.26 Å². The van der Waals surface area contributed by atoms with Gasteiger partial charge in [0.1, 0.15) is 17.5 Å². The van der Waals surface area contributed by atoms with Crippen molar-refractivity contribution in [3.63, 3.8) is 0 Å². The van der Waals surface area contributed by atoms with Gasteiger partial charge in [-0.05, 0) is 36.4 Å². The minimum absolute atomic E-state index is 0.00181. The average molecular weight is 516 g/mol. The summed E-state index contributed by atoms with van der Waals surface area (Å²) in [4.78, 5) is 16.0. The maximum absolute atomic E-state index is 14.6. The quantitative estimate of drug-likeness (QED) is 0.304. The Morgan fingerprint density at radius 3 is 2.57 bits per heavy atom. The lowest BCUT2D eigenvalue weighted by Crippen LogP contribution is -2.05. The summed E-state index contributed by atoms with van der Waals surface area (Å²) in [5, 5.41) is 9.35. The summed E-state index contributed by atoms with van der Waals surface area (Å²) in [5.74, 6) is -0.121. The molecular formula is C26H18FN5O4S. The van der Waals surface area contributed by atoms with E-state index in [1.807, 2.05) is 12.1 Å². The average Bonchev–Trinajstić information content (AvgIpc) is 3.33. The summed E-state index contributed by atoms with van der Waals surface area (Å²) in [5.41, 5.74) is 1.68. The van der Waals surface area contributed by atoms with Crippen molar-refractivity contribution >= 4 is 20.9 Å². The van der Waals surface area contributed by atoms with Crippen molar-refractivity contribution in [2.24, 2.45) is 0 Å². The maximum Gasteiger partial charge on any atom is 0.195 e. The zero-order chi connectivity index (χ0) is 26.0. The van der Waals surface area contributed by atoms with Crippen LogP contribution >= 0.6 is 0 Å². The molecule has 11 heteroatoms. The number of benzene rings is 2. The first-order chi connectivity index (χ1) is 17.9. The van der Waals surface area contributed by atoms with Gasteiger partial charge in [0.2, 0.25) is 0 Å². The zero-order valence-corrected chi connectivity index (χ0v) is 20.2. The molecule has 5 aromatic rings. The van der Waals surface area contributed by atoms with Crippen LogP contribution in [0.25, 0.3) is 22.6 Å².